The van der Waals surface area contributed by atoms with E-state index in [0.29, 0.717) is 23.9 Å². The van der Waals surface area contributed by atoms with Gasteiger partial charge >= 0.3 is 0 Å². The van der Waals surface area contributed by atoms with Gasteiger partial charge in [0, 0.05) is 11.4 Å². The molecule has 1 amide bonds. The number of hydrogen-bond donors (Lipinski definition) is 1. The number of aryl methyl sites for hydroxylation is 1. The van der Waals surface area contributed by atoms with Gasteiger partial charge in [0.25, 0.3) is 0 Å². The van der Waals surface area contributed by atoms with E-state index in [9.17, 15) is 9.18 Å². The van der Waals surface area contributed by atoms with Crippen LogP contribution in [0.3, 0.4) is 0 Å². The van der Waals surface area contributed by atoms with Gasteiger partial charge in [0.15, 0.2) is 5.16 Å². The van der Waals surface area contributed by atoms with E-state index >= 15 is 0 Å². The van der Waals surface area contributed by atoms with Crippen LogP contribution in [0.1, 0.15) is 24.7 Å². The van der Waals surface area contributed by atoms with Crippen LogP contribution in [0.2, 0.25) is 0 Å². The molecule has 162 valence electrons. The standard InChI is InChI=1S/C23H25FN4OS2/c1-4-14-28-21(15-30-17-12-10-16(3)11-13-17)26-27-23(28)31-20(5-2)22(29)25-19-9-7-6-8-18(19)24/h4,6-13,20H,1,5,14-15H2,2-3H3,(H,25,29). The summed E-state index contributed by atoms with van der Waals surface area (Å²) in [5.74, 6) is 0.752. The van der Waals surface area contributed by atoms with Gasteiger partial charge in [-0.15, -0.1) is 28.5 Å². The van der Waals surface area contributed by atoms with E-state index in [0.717, 1.165) is 10.7 Å². The Balaban J connectivity index is 1.71. The summed E-state index contributed by atoms with van der Waals surface area (Å²) in [6.45, 7) is 8.36. The molecule has 0 saturated heterocycles. The maximum Gasteiger partial charge on any atom is 0.238 e. The van der Waals surface area contributed by atoms with Gasteiger partial charge < -0.3 is 9.88 Å². The molecule has 31 heavy (non-hydrogen) atoms. The molecular formula is C23H25FN4OS2. The first-order valence-corrected chi connectivity index (χ1v) is 11.8. The van der Waals surface area contributed by atoms with Crippen molar-refractivity contribution in [3.63, 3.8) is 0 Å². The van der Waals surface area contributed by atoms with Crippen molar-refractivity contribution in [2.45, 2.75) is 47.9 Å². The van der Waals surface area contributed by atoms with Gasteiger partial charge in [-0.2, -0.15) is 0 Å². The highest BCUT2D eigenvalue weighted by atomic mass is 32.2. The van der Waals surface area contributed by atoms with Crippen molar-refractivity contribution >= 4 is 35.1 Å². The number of allylic oxidation sites excluding steroid dienone is 1. The Hall–Kier alpha value is -2.58. The number of carbonyl (C=O) groups is 1. The fraction of sp³-hybridized carbons (Fsp3) is 0.261. The normalized spacial score (nSPS) is 11.8. The molecule has 1 N–H and O–H groups in total. The number of aromatic nitrogens is 3. The number of nitrogens with one attached hydrogen (secondary N) is 1. The van der Waals surface area contributed by atoms with Crippen LogP contribution in [0.5, 0.6) is 0 Å². The number of anilines is 1. The Kier molecular flexibility index (Phi) is 8.31. The number of thioether (sulfide) groups is 2. The van der Waals surface area contributed by atoms with E-state index in [4.69, 9.17) is 0 Å². The number of halogens is 1. The summed E-state index contributed by atoms with van der Waals surface area (Å²) < 4.78 is 15.9. The van der Waals surface area contributed by atoms with Crippen LogP contribution < -0.4 is 5.32 Å². The zero-order chi connectivity index (χ0) is 22.2. The zero-order valence-electron chi connectivity index (χ0n) is 17.5. The van der Waals surface area contributed by atoms with E-state index in [1.165, 1.54) is 23.4 Å². The first kappa shape index (κ1) is 23.1. The number of hydrogen-bond acceptors (Lipinski definition) is 5. The first-order valence-electron chi connectivity index (χ1n) is 9.96. The highest BCUT2D eigenvalue weighted by molar-refractivity contribution is 8.00. The topological polar surface area (TPSA) is 59.8 Å². The Bertz CT molecular complexity index is 1040. The van der Waals surface area contributed by atoms with Crippen molar-refractivity contribution < 1.29 is 9.18 Å². The molecule has 2 aromatic carbocycles. The number of carbonyl (C=O) groups excluding carboxylic acids is 1. The van der Waals surface area contributed by atoms with Crippen molar-refractivity contribution in [2.75, 3.05) is 5.32 Å². The smallest absolute Gasteiger partial charge is 0.238 e. The molecule has 3 aromatic rings. The van der Waals surface area contributed by atoms with Gasteiger partial charge in [-0.05, 0) is 37.6 Å². The van der Waals surface area contributed by atoms with Crippen LogP contribution in [-0.2, 0) is 17.1 Å². The van der Waals surface area contributed by atoms with E-state index in [1.54, 1.807) is 36.0 Å². The average Bonchev–Trinajstić information content (AvgIpc) is 3.14. The van der Waals surface area contributed by atoms with Gasteiger partial charge in [0.2, 0.25) is 5.91 Å². The molecule has 0 spiro atoms. The monoisotopic (exact) mass is 456 g/mol. The number of para-hydroxylation sites is 1. The fourth-order valence-corrected chi connectivity index (χ4v) is 4.65. The molecule has 5 nitrogen and oxygen atoms in total. The highest BCUT2D eigenvalue weighted by Crippen LogP contribution is 2.29. The van der Waals surface area contributed by atoms with Crippen molar-refractivity contribution in [1.82, 2.24) is 14.8 Å². The molecule has 8 heteroatoms. The van der Waals surface area contributed by atoms with E-state index < -0.39 is 11.1 Å². The van der Waals surface area contributed by atoms with Crippen molar-refractivity contribution in [3.8, 4) is 0 Å². The lowest BCUT2D eigenvalue weighted by atomic mass is 10.2. The predicted molar refractivity (Wildman–Crippen MR) is 126 cm³/mol. The Morgan fingerprint density at radius 3 is 2.65 bits per heavy atom. The molecule has 0 fully saturated rings. The Morgan fingerprint density at radius 1 is 1.23 bits per heavy atom. The van der Waals surface area contributed by atoms with Crippen molar-refractivity contribution in [1.29, 1.82) is 0 Å². The second-order valence-corrected chi connectivity index (χ2v) is 9.10. The van der Waals surface area contributed by atoms with Crippen LogP contribution >= 0.6 is 23.5 Å². The van der Waals surface area contributed by atoms with Crippen LogP contribution in [0, 0.1) is 12.7 Å². The zero-order valence-corrected chi connectivity index (χ0v) is 19.2. The van der Waals surface area contributed by atoms with Crippen LogP contribution in [0.25, 0.3) is 0 Å². The first-order chi connectivity index (χ1) is 15.0. The average molecular weight is 457 g/mol. The Morgan fingerprint density at radius 2 is 1.97 bits per heavy atom. The summed E-state index contributed by atoms with van der Waals surface area (Å²) in [6, 6.07) is 14.5. The third-order valence-corrected chi connectivity index (χ3v) is 6.89. The Labute approximate surface area is 190 Å². The van der Waals surface area contributed by atoms with Gasteiger partial charge in [0.05, 0.1) is 16.7 Å². The molecule has 0 bridgehead atoms. The molecule has 1 heterocycles. The second kappa shape index (κ2) is 11.2. The molecule has 1 atom stereocenters. The van der Waals surface area contributed by atoms with E-state index in [1.807, 2.05) is 11.5 Å². The molecular weight excluding hydrogens is 431 g/mol. The lowest BCUT2D eigenvalue weighted by molar-refractivity contribution is -0.115. The van der Waals surface area contributed by atoms with E-state index in [2.05, 4.69) is 53.3 Å². The van der Waals surface area contributed by atoms with Crippen LogP contribution in [0.4, 0.5) is 10.1 Å². The summed E-state index contributed by atoms with van der Waals surface area (Å²) in [6.07, 6.45) is 2.35. The summed E-state index contributed by atoms with van der Waals surface area (Å²) in [5, 5.41) is 11.6. The lowest BCUT2D eigenvalue weighted by Gasteiger charge is -2.15. The summed E-state index contributed by atoms with van der Waals surface area (Å²) in [4.78, 5) is 13.9. The lowest BCUT2D eigenvalue weighted by Crippen LogP contribution is -2.25. The third kappa shape index (κ3) is 6.21. The highest BCUT2D eigenvalue weighted by Gasteiger charge is 2.23. The number of amides is 1. The quantitative estimate of drug-likeness (QED) is 0.313. The second-order valence-electron chi connectivity index (χ2n) is 6.88. The maximum atomic E-state index is 13.9. The van der Waals surface area contributed by atoms with E-state index in [-0.39, 0.29) is 11.6 Å². The number of rotatable bonds is 10. The van der Waals surface area contributed by atoms with Crippen LogP contribution in [0.15, 0.2) is 71.2 Å². The largest absolute Gasteiger partial charge is 0.323 e. The SMILES string of the molecule is C=CCn1c(CSc2ccc(C)cc2)nnc1SC(CC)C(=O)Nc1ccccc1F. The molecule has 0 aliphatic heterocycles. The minimum Gasteiger partial charge on any atom is -0.323 e. The number of benzene rings is 2. The summed E-state index contributed by atoms with van der Waals surface area (Å²) >= 11 is 3.01. The van der Waals surface area contributed by atoms with Crippen molar-refractivity contribution in [2.24, 2.45) is 0 Å². The minimum atomic E-state index is -0.457. The summed E-state index contributed by atoms with van der Waals surface area (Å²) in [7, 11) is 0. The molecule has 3 rings (SSSR count). The molecule has 0 aliphatic rings. The number of nitrogens with zero attached hydrogens (tertiary/aromatic N) is 3. The minimum absolute atomic E-state index is 0.175. The molecule has 1 unspecified atom stereocenters. The van der Waals surface area contributed by atoms with Crippen LogP contribution in [-0.4, -0.2) is 25.9 Å². The van der Waals surface area contributed by atoms with Gasteiger partial charge in [-0.3, -0.25) is 4.79 Å². The maximum absolute atomic E-state index is 13.9. The van der Waals surface area contributed by atoms with Gasteiger partial charge in [-0.25, -0.2) is 4.39 Å². The molecule has 1 aromatic heterocycles. The third-order valence-electron chi connectivity index (χ3n) is 4.54. The van der Waals surface area contributed by atoms with Gasteiger partial charge in [-0.1, -0.05) is 54.6 Å². The van der Waals surface area contributed by atoms with Crippen molar-refractivity contribution in [3.05, 3.63) is 78.4 Å². The summed E-state index contributed by atoms with van der Waals surface area (Å²) in [5.41, 5.74) is 1.39. The molecule has 0 aliphatic carbocycles. The molecule has 0 radical (unpaired) electrons. The predicted octanol–water partition coefficient (Wildman–Crippen LogP) is 5.71. The molecule has 0 saturated carbocycles. The van der Waals surface area contributed by atoms with Gasteiger partial charge in [0.1, 0.15) is 11.6 Å². The fourth-order valence-electron chi connectivity index (χ4n) is 2.83.